The second-order valence-corrected chi connectivity index (χ2v) is 1.97. The zero-order valence-corrected chi connectivity index (χ0v) is 4.97. The molecular formula is C6H10BO. The van der Waals surface area contributed by atoms with Crippen LogP contribution in [0.3, 0.4) is 0 Å². The summed E-state index contributed by atoms with van der Waals surface area (Å²) in [7, 11) is 2.20. The Balaban J connectivity index is 1.80. The van der Waals surface area contributed by atoms with Crippen LogP contribution in [0.15, 0.2) is 12.7 Å². The van der Waals surface area contributed by atoms with Gasteiger partial charge in [-0.2, -0.15) is 0 Å². The molecule has 0 saturated carbocycles. The van der Waals surface area contributed by atoms with Crippen LogP contribution >= 0.6 is 0 Å². The van der Waals surface area contributed by atoms with E-state index in [0.717, 1.165) is 19.3 Å². The van der Waals surface area contributed by atoms with E-state index in [1.165, 1.54) is 0 Å². The summed E-state index contributed by atoms with van der Waals surface area (Å²) in [4.78, 5) is 0. The van der Waals surface area contributed by atoms with Gasteiger partial charge in [-0.05, 0) is 6.42 Å². The lowest BCUT2D eigenvalue weighted by Crippen LogP contribution is -1.97. The second-order valence-electron chi connectivity index (χ2n) is 1.97. The SMILES string of the molecule is C=CCC[B]C1CO1. The van der Waals surface area contributed by atoms with Crippen molar-refractivity contribution in [2.75, 3.05) is 6.61 Å². The largest absolute Gasteiger partial charge is 0.383 e. The number of epoxide rings is 1. The summed E-state index contributed by atoms with van der Waals surface area (Å²) >= 11 is 0. The predicted molar refractivity (Wildman–Crippen MR) is 35.1 cm³/mol. The molecule has 0 aromatic rings. The Morgan fingerprint density at radius 3 is 3.12 bits per heavy atom. The van der Waals surface area contributed by atoms with E-state index in [9.17, 15) is 0 Å². The van der Waals surface area contributed by atoms with Crippen molar-refractivity contribution in [3.63, 3.8) is 0 Å². The maximum absolute atomic E-state index is 4.97. The van der Waals surface area contributed by atoms with Gasteiger partial charge in [-0.25, -0.2) is 0 Å². The van der Waals surface area contributed by atoms with Crippen molar-refractivity contribution in [2.24, 2.45) is 0 Å². The first-order valence-electron chi connectivity index (χ1n) is 2.99. The molecule has 1 saturated heterocycles. The van der Waals surface area contributed by atoms with Crippen LogP contribution in [-0.2, 0) is 4.74 Å². The van der Waals surface area contributed by atoms with Crippen LogP contribution in [0, 0.1) is 0 Å². The highest BCUT2D eigenvalue weighted by molar-refractivity contribution is 6.38. The molecule has 1 fully saturated rings. The van der Waals surface area contributed by atoms with E-state index >= 15 is 0 Å². The van der Waals surface area contributed by atoms with Gasteiger partial charge in [-0.1, -0.05) is 12.4 Å². The van der Waals surface area contributed by atoms with Crippen LogP contribution in [0.2, 0.25) is 6.32 Å². The lowest BCUT2D eigenvalue weighted by atomic mass is 9.70. The average Bonchev–Trinajstić information content (AvgIpc) is 2.51. The Hall–Kier alpha value is -0.235. The highest BCUT2D eigenvalue weighted by Crippen LogP contribution is 2.08. The molecule has 0 amide bonds. The maximum atomic E-state index is 4.97. The molecule has 1 aliphatic rings. The number of hydrogen-bond donors (Lipinski definition) is 0. The van der Waals surface area contributed by atoms with E-state index in [-0.39, 0.29) is 0 Å². The molecule has 1 heterocycles. The van der Waals surface area contributed by atoms with Crippen LogP contribution in [-0.4, -0.2) is 19.9 Å². The molecule has 1 unspecified atom stereocenters. The van der Waals surface area contributed by atoms with Gasteiger partial charge in [0.15, 0.2) is 7.28 Å². The van der Waals surface area contributed by atoms with E-state index in [1.807, 2.05) is 6.08 Å². The predicted octanol–water partition coefficient (Wildman–Crippen LogP) is 1.04. The van der Waals surface area contributed by atoms with Gasteiger partial charge in [0.25, 0.3) is 0 Å². The summed E-state index contributed by atoms with van der Waals surface area (Å²) < 4.78 is 4.97. The summed E-state index contributed by atoms with van der Waals surface area (Å²) in [5, 5.41) is 0. The highest BCUT2D eigenvalue weighted by Gasteiger charge is 2.21. The molecule has 8 heavy (non-hydrogen) atoms. The normalized spacial score (nSPS) is 24.8. The summed E-state index contributed by atoms with van der Waals surface area (Å²) in [6.45, 7) is 4.56. The quantitative estimate of drug-likeness (QED) is 0.227. The fraction of sp³-hybridized carbons (Fsp3) is 0.667. The van der Waals surface area contributed by atoms with Gasteiger partial charge < -0.3 is 4.74 Å². The molecule has 1 radical (unpaired) electrons. The van der Waals surface area contributed by atoms with Crippen LogP contribution in [0.25, 0.3) is 0 Å². The lowest BCUT2D eigenvalue weighted by Gasteiger charge is -1.85. The molecule has 43 valence electrons. The molecule has 0 bridgehead atoms. The molecule has 1 nitrogen and oxygen atoms in total. The highest BCUT2D eigenvalue weighted by atomic mass is 16.6. The minimum atomic E-state index is 0.481. The zero-order chi connectivity index (χ0) is 5.82. The summed E-state index contributed by atoms with van der Waals surface area (Å²) in [5.74, 6) is 0. The summed E-state index contributed by atoms with van der Waals surface area (Å²) in [5.41, 5.74) is 0. The Morgan fingerprint density at radius 1 is 1.88 bits per heavy atom. The first-order valence-corrected chi connectivity index (χ1v) is 2.99. The molecular weight excluding hydrogens is 98.9 g/mol. The number of hydrogen-bond acceptors (Lipinski definition) is 1. The van der Waals surface area contributed by atoms with Crippen molar-refractivity contribution in [1.29, 1.82) is 0 Å². The lowest BCUT2D eigenvalue weighted by molar-refractivity contribution is 0.454. The summed E-state index contributed by atoms with van der Waals surface area (Å²) in [6, 6.07) is 0.481. The molecule has 0 aromatic heterocycles. The van der Waals surface area contributed by atoms with Crippen molar-refractivity contribution in [3.05, 3.63) is 12.7 Å². The third-order valence-corrected chi connectivity index (χ3v) is 1.16. The molecule has 0 N–H and O–H groups in total. The fourth-order valence-electron chi connectivity index (χ4n) is 0.592. The minimum Gasteiger partial charge on any atom is -0.383 e. The topological polar surface area (TPSA) is 12.5 Å². The van der Waals surface area contributed by atoms with Gasteiger partial charge in [0, 0.05) is 6.00 Å². The molecule has 1 atom stereocenters. The van der Waals surface area contributed by atoms with Gasteiger partial charge in [0.05, 0.1) is 6.61 Å². The number of allylic oxidation sites excluding steroid dienone is 1. The maximum Gasteiger partial charge on any atom is 0.152 e. The van der Waals surface area contributed by atoms with E-state index in [1.54, 1.807) is 0 Å². The zero-order valence-electron chi connectivity index (χ0n) is 4.97. The molecule has 2 heteroatoms. The van der Waals surface area contributed by atoms with Crippen molar-refractivity contribution >= 4 is 7.28 Å². The monoisotopic (exact) mass is 109 g/mol. The van der Waals surface area contributed by atoms with Crippen LogP contribution in [0.1, 0.15) is 6.42 Å². The van der Waals surface area contributed by atoms with E-state index in [0.29, 0.717) is 6.00 Å². The molecule has 0 aromatic carbocycles. The Labute approximate surface area is 51.0 Å². The number of rotatable bonds is 4. The third-order valence-electron chi connectivity index (χ3n) is 1.16. The van der Waals surface area contributed by atoms with Gasteiger partial charge in [-0.3, -0.25) is 0 Å². The Bertz CT molecular complexity index is 78.6. The number of ether oxygens (including phenoxy) is 1. The van der Waals surface area contributed by atoms with Gasteiger partial charge in [0.2, 0.25) is 0 Å². The van der Waals surface area contributed by atoms with Crippen LogP contribution in [0.4, 0.5) is 0 Å². The molecule has 0 aliphatic carbocycles. The van der Waals surface area contributed by atoms with E-state index < -0.39 is 0 Å². The first-order chi connectivity index (χ1) is 3.93. The third kappa shape index (κ3) is 2.17. The minimum absolute atomic E-state index is 0.481. The molecule has 1 aliphatic heterocycles. The van der Waals surface area contributed by atoms with Gasteiger partial charge in [-0.15, -0.1) is 6.58 Å². The average molecular weight is 109 g/mol. The van der Waals surface area contributed by atoms with Crippen molar-refractivity contribution in [2.45, 2.75) is 18.7 Å². The second kappa shape index (κ2) is 2.93. The standard InChI is InChI=1S/C6H10BO/c1-2-3-4-7-6-5-8-6/h2,6H,1,3-5H2. The van der Waals surface area contributed by atoms with E-state index in [2.05, 4.69) is 13.9 Å². The van der Waals surface area contributed by atoms with Crippen molar-refractivity contribution < 1.29 is 4.74 Å². The fourth-order valence-corrected chi connectivity index (χ4v) is 0.592. The van der Waals surface area contributed by atoms with Crippen LogP contribution in [0.5, 0.6) is 0 Å². The van der Waals surface area contributed by atoms with Gasteiger partial charge >= 0.3 is 0 Å². The van der Waals surface area contributed by atoms with Crippen molar-refractivity contribution in [3.8, 4) is 0 Å². The smallest absolute Gasteiger partial charge is 0.152 e. The van der Waals surface area contributed by atoms with E-state index in [4.69, 9.17) is 4.74 Å². The van der Waals surface area contributed by atoms with Gasteiger partial charge in [0.1, 0.15) is 0 Å². The summed E-state index contributed by atoms with van der Waals surface area (Å²) in [6.07, 6.45) is 4.13. The molecule has 1 rings (SSSR count). The molecule has 0 spiro atoms. The Kier molecular flexibility index (Phi) is 2.16. The Morgan fingerprint density at radius 2 is 2.62 bits per heavy atom. The van der Waals surface area contributed by atoms with Crippen molar-refractivity contribution in [1.82, 2.24) is 0 Å². The van der Waals surface area contributed by atoms with Crippen LogP contribution < -0.4 is 0 Å². The first kappa shape index (κ1) is 5.89.